The number of nitrogens with one attached hydrogen (secondary N) is 2. The molecule has 2 aromatic rings. The minimum absolute atomic E-state index is 0.0314. The Morgan fingerprint density at radius 1 is 1.07 bits per heavy atom. The molecule has 160 valence electrons. The molecule has 0 radical (unpaired) electrons. The van der Waals surface area contributed by atoms with Crippen molar-refractivity contribution < 1.29 is 19.1 Å². The molecule has 1 aliphatic carbocycles. The average molecular weight is 411 g/mol. The average Bonchev–Trinajstić information content (AvgIpc) is 2.76. The summed E-state index contributed by atoms with van der Waals surface area (Å²) < 4.78 is 10.5. The maximum atomic E-state index is 13.1. The fourth-order valence-corrected chi connectivity index (χ4v) is 3.91. The maximum absolute atomic E-state index is 13.1. The van der Waals surface area contributed by atoms with E-state index < -0.39 is 6.04 Å². The Balaban J connectivity index is 1.75. The van der Waals surface area contributed by atoms with Crippen molar-refractivity contribution in [2.75, 3.05) is 14.2 Å². The van der Waals surface area contributed by atoms with Crippen molar-refractivity contribution in [1.29, 1.82) is 0 Å². The molecule has 2 N–H and O–H groups in total. The standard InChI is InChI=1S/C24H30N2O4/c1-15(2)22(26-23(27)19-13-12-17(29-3)14-21(19)30-4)24(28)25-20-11-7-9-16-8-5-6-10-18(16)20/h5-6,8,10,12-15,20,22H,7,9,11H2,1-4H3,(H,25,28)(H,26,27)/t20-,22+/m1/s1. The van der Waals surface area contributed by atoms with E-state index in [9.17, 15) is 9.59 Å². The highest BCUT2D eigenvalue weighted by molar-refractivity contribution is 6.00. The molecule has 2 amide bonds. The summed E-state index contributed by atoms with van der Waals surface area (Å²) in [6.45, 7) is 3.84. The second-order valence-corrected chi connectivity index (χ2v) is 7.91. The van der Waals surface area contributed by atoms with Gasteiger partial charge in [-0.2, -0.15) is 0 Å². The molecular formula is C24H30N2O4. The maximum Gasteiger partial charge on any atom is 0.255 e. The molecule has 0 saturated carbocycles. The van der Waals surface area contributed by atoms with Crippen LogP contribution in [0.4, 0.5) is 0 Å². The Bertz CT molecular complexity index is 910. The Labute approximate surface area is 178 Å². The Kier molecular flexibility index (Phi) is 6.98. The van der Waals surface area contributed by atoms with Gasteiger partial charge in [0.2, 0.25) is 5.91 Å². The van der Waals surface area contributed by atoms with Gasteiger partial charge in [0, 0.05) is 6.07 Å². The summed E-state index contributed by atoms with van der Waals surface area (Å²) in [6, 6.07) is 12.5. The lowest BCUT2D eigenvalue weighted by molar-refractivity contribution is -0.124. The number of carbonyl (C=O) groups excluding carboxylic acids is 2. The first-order valence-electron chi connectivity index (χ1n) is 10.4. The number of carbonyl (C=O) groups is 2. The fraction of sp³-hybridized carbons (Fsp3) is 0.417. The lowest BCUT2D eigenvalue weighted by atomic mass is 9.87. The molecule has 2 atom stereocenters. The molecule has 0 fully saturated rings. The molecule has 6 heteroatoms. The number of ether oxygens (including phenoxy) is 2. The van der Waals surface area contributed by atoms with E-state index in [1.807, 2.05) is 26.0 Å². The lowest BCUT2D eigenvalue weighted by Crippen LogP contribution is -2.50. The third-order valence-corrected chi connectivity index (χ3v) is 5.57. The van der Waals surface area contributed by atoms with Crippen LogP contribution in [-0.4, -0.2) is 32.1 Å². The van der Waals surface area contributed by atoms with Crippen LogP contribution in [0.25, 0.3) is 0 Å². The highest BCUT2D eigenvalue weighted by Gasteiger charge is 2.29. The van der Waals surface area contributed by atoms with Gasteiger partial charge < -0.3 is 20.1 Å². The van der Waals surface area contributed by atoms with Gasteiger partial charge in [-0.05, 0) is 48.4 Å². The van der Waals surface area contributed by atoms with Crippen LogP contribution in [0.15, 0.2) is 42.5 Å². The molecule has 0 bridgehead atoms. The Hall–Kier alpha value is -3.02. The largest absolute Gasteiger partial charge is 0.497 e. The van der Waals surface area contributed by atoms with Gasteiger partial charge in [-0.3, -0.25) is 9.59 Å². The van der Waals surface area contributed by atoms with E-state index >= 15 is 0 Å². The molecule has 0 saturated heterocycles. The van der Waals surface area contributed by atoms with E-state index in [4.69, 9.17) is 9.47 Å². The first-order valence-corrected chi connectivity index (χ1v) is 10.4. The van der Waals surface area contributed by atoms with Crippen LogP contribution in [0.1, 0.15) is 54.2 Å². The number of hydrogen-bond donors (Lipinski definition) is 2. The third-order valence-electron chi connectivity index (χ3n) is 5.57. The van der Waals surface area contributed by atoms with Gasteiger partial charge >= 0.3 is 0 Å². The summed E-state index contributed by atoms with van der Waals surface area (Å²) in [6.07, 6.45) is 2.96. The van der Waals surface area contributed by atoms with Crippen LogP contribution in [0.2, 0.25) is 0 Å². The normalized spacial score (nSPS) is 16.4. The molecule has 2 aromatic carbocycles. The van der Waals surface area contributed by atoms with Gasteiger partial charge in [0.1, 0.15) is 17.5 Å². The number of fused-ring (bicyclic) bond motifs is 1. The second-order valence-electron chi connectivity index (χ2n) is 7.91. The van der Waals surface area contributed by atoms with Crippen molar-refractivity contribution >= 4 is 11.8 Å². The molecule has 0 unspecified atom stereocenters. The smallest absolute Gasteiger partial charge is 0.255 e. The zero-order valence-corrected chi connectivity index (χ0v) is 18.0. The molecule has 0 aliphatic heterocycles. The number of benzene rings is 2. The van der Waals surface area contributed by atoms with Gasteiger partial charge in [-0.25, -0.2) is 0 Å². The molecule has 0 spiro atoms. The predicted molar refractivity (Wildman–Crippen MR) is 116 cm³/mol. The van der Waals surface area contributed by atoms with E-state index in [0.717, 1.165) is 19.3 Å². The summed E-state index contributed by atoms with van der Waals surface area (Å²) in [4.78, 5) is 26.0. The topological polar surface area (TPSA) is 76.7 Å². The summed E-state index contributed by atoms with van der Waals surface area (Å²) in [7, 11) is 3.05. The van der Waals surface area contributed by atoms with E-state index in [-0.39, 0.29) is 23.8 Å². The molecule has 1 aliphatic rings. The van der Waals surface area contributed by atoms with Gasteiger partial charge in [0.15, 0.2) is 0 Å². The zero-order chi connectivity index (χ0) is 21.7. The second kappa shape index (κ2) is 9.65. The first-order chi connectivity index (χ1) is 14.4. The number of hydrogen-bond acceptors (Lipinski definition) is 4. The van der Waals surface area contributed by atoms with Crippen LogP contribution in [0.3, 0.4) is 0 Å². The van der Waals surface area contributed by atoms with Crippen molar-refractivity contribution in [1.82, 2.24) is 10.6 Å². The third kappa shape index (κ3) is 4.75. The monoisotopic (exact) mass is 410 g/mol. The lowest BCUT2D eigenvalue weighted by Gasteiger charge is -2.29. The van der Waals surface area contributed by atoms with E-state index in [1.165, 1.54) is 18.2 Å². The van der Waals surface area contributed by atoms with E-state index in [2.05, 4.69) is 22.8 Å². The van der Waals surface area contributed by atoms with Crippen molar-refractivity contribution in [2.45, 2.75) is 45.2 Å². The van der Waals surface area contributed by atoms with Crippen molar-refractivity contribution in [3.63, 3.8) is 0 Å². The minimum Gasteiger partial charge on any atom is -0.497 e. The fourth-order valence-electron chi connectivity index (χ4n) is 3.91. The highest BCUT2D eigenvalue weighted by Crippen LogP contribution is 2.30. The van der Waals surface area contributed by atoms with Gasteiger partial charge in [0.05, 0.1) is 25.8 Å². The SMILES string of the molecule is COc1ccc(C(=O)N[C@H](C(=O)N[C@@H]2CCCc3ccccc32)C(C)C)c(OC)c1. The van der Waals surface area contributed by atoms with Crippen LogP contribution in [0, 0.1) is 5.92 Å². The summed E-state index contributed by atoms with van der Waals surface area (Å²) in [5.74, 6) is 0.394. The van der Waals surface area contributed by atoms with Gasteiger partial charge in [-0.1, -0.05) is 38.1 Å². The number of amides is 2. The Morgan fingerprint density at radius 2 is 1.83 bits per heavy atom. The number of rotatable bonds is 7. The summed E-state index contributed by atoms with van der Waals surface area (Å²) in [5, 5.41) is 6.04. The van der Waals surface area contributed by atoms with E-state index in [0.29, 0.717) is 17.1 Å². The molecule has 3 rings (SSSR count). The van der Waals surface area contributed by atoms with Crippen molar-refractivity contribution in [3.8, 4) is 11.5 Å². The quantitative estimate of drug-likeness (QED) is 0.731. The van der Waals surface area contributed by atoms with Gasteiger partial charge in [0.25, 0.3) is 5.91 Å². The molecule has 0 aromatic heterocycles. The predicted octanol–water partition coefficient (Wildman–Crippen LogP) is 3.65. The summed E-state index contributed by atoms with van der Waals surface area (Å²) >= 11 is 0. The number of methoxy groups -OCH3 is 2. The van der Waals surface area contributed by atoms with Gasteiger partial charge in [-0.15, -0.1) is 0 Å². The molecule has 6 nitrogen and oxygen atoms in total. The first kappa shape index (κ1) is 21.7. The van der Waals surface area contributed by atoms with Crippen molar-refractivity contribution in [3.05, 3.63) is 59.2 Å². The molecule has 30 heavy (non-hydrogen) atoms. The highest BCUT2D eigenvalue weighted by atomic mass is 16.5. The van der Waals surface area contributed by atoms with Crippen molar-refractivity contribution in [2.24, 2.45) is 5.92 Å². The number of aryl methyl sites for hydroxylation is 1. The molecular weight excluding hydrogens is 380 g/mol. The Morgan fingerprint density at radius 3 is 2.53 bits per heavy atom. The van der Waals surface area contributed by atoms with Crippen LogP contribution >= 0.6 is 0 Å². The van der Waals surface area contributed by atoms with Crippen LogP contribution < -0.4 is 20.1 Å². The molecule has 0 heterocycles. The van der Waals surface area contributed by atoms with E-state index in [1.54, 1.807) is 25.3 Å². The minimum atomic E-state index is -0.654. The summed E-state index contributed by atoms with van der Waals surface area (Å²) in [5.41, 5.74) is 2.81. The zero-order valence-electron chi connectivity index (χ0n) is 18.0. The van der Waals surface area contributed by atoms with Crippen LogP contribution in [0.5, 0.6) is 11.5 Å². The van der Waals surface area contributed by atoms with Crippen LogP contribution in [-0.2, 0) is 11.2 Å².